The average Bonchev–Trinajstić information content (AvgIpc) is 2.72. The predicted molar refractivity (Wildman–Crippen MR) is 81.9 cm³/mol. The summed E-state index contributed by atoms with van der Waals surface area (Å²) in [7, 11) is 1.92. The summed E-state index contributed by atoms with van der Waals surface area (Å²) in [6, 6.07) is 3.54. The molecule has 0 aliphatic carbocycles. The quantitative estimate of drug-likeness (QED) is 0.907. The summed E-state index contributed by atoms with van der Waals surface area (Å²) in [6.45, 7) is 5.78. The first kappa shape index (κ1) is 15.3. The topological polar surface area (TPSA) is 82.2 Å². The molecule has 0 radical (unpaired) electrons. The minimum Gasteiger partial charge on any atom is -0.444 e. The molecular weight excluding hydrogens is 268 g/mol. The maximum atomic E-state index is 11.7. The number of hydrogen-bond donors (Lipinski definition) is 2. The number of ether oxygens (including phenoxy) is 1. The van der Waals surface area contributed by atoms with Crippen LogP contribution in [0.15, 0.2) is 24.5 Å². The Balaban J connectivity index is 2.06. The van der Waals surface area contributed by atoms with E-state index in [1.165, 1.54) is 0 Å². The van der Waals surface area contributed by atoms with Crippen molar-refractivity contribution in [2.24, 2.45) is 12.8 Å². The first-order valence-corrected chi connectivity index (χ1v) is 6.90. The third-order valence-corrected chi connectivity index (χ3v) is 3.03. The van der Waals surface area contributed by atoms with Gasteiger partial charge in [-0.2, -0.15) is 0 Å². The van der Waals surface area contributed by atoms with Crippen molar-refractivity contribution in [3.05, 3.63) is 30.1 Å². The van der Waals surface area contributed by atoms with Crippen LogP contribution in [0.3, 0.4) is 0 Å². The van der Waals surface area contributed by atoms with Gasteiger partial charge in [-0.25, -0.2) is 9.78 Å². The van der Waals surface area contributed by atoms with Crippen LogP contribution in [0, 0.1) is 0 Å². The summed E-state index contributed by atoms with van der Waals surface area (Å²) in [5, 5.41) is 3.69. The van der Waals surface area contributed by atoms with Gasteiger partial charge in [-0.05, 0) is 38.5 Å². The summed E-state index contributed by atoms with van der Waals surface area (Å²) in [5.41, 5.74) is 7.49. The fraction of sp³-hybridized carbons (Fsp3) is 0.467. The lowest BCUT2D eigenvalue weighted by Gasteiger charge is -2.20. The molecule has 2 heterocycles. The standard InChI is InChI=1S/C15H22N4O2/c1-15(2,3)21-14(20)18-8-12(16)11-9-19(4)13-10(11)6-5-7-17-13/h5-7,9,12H,8,16H2,1-4H3,(H,18,20). The van der Waals surface area contributed by atoms with Gasteiger partial charge in [-0.3, -0.25) is 0 Å². The second-order valence-corrected chi connectivity index (χ2v) is 6.06. The highest BCUT2D eigenvalue weighted by Crippen LogP contribution is 2.22. The number of fused-ring (bicyclic) bond motifs is 1. The first-order chi connectivity index (χ1) is 9.78. The number of aryl methyl sites for hydroxylation is 1. The van der Waals surface area contributed by atoms with Gasteiger partial charge in [0.2, 0.25) is 0 Å². The molecule has 21 heavy (non-hydrogen) atoms. The fourth-order valence-electron chi connectivity index (χ4n) is 2.16. The Hall–Kier alpha value is -2.08. The fourth-order valence-corrected chi connectivity index (χ4v) is 2.16. The number of carbonyl (C=O) groups excluding carboxylic acids is 1. The zero-order chi connectivity index (χ0) is 15.6. The molecule has 0 aliphatic heterocycles. The van der Waals surface area contributed by atoms with E-state index in [9.17, 15) is 4.79 Å². The summed E-state index contributed by atoms with van der Waals surface area (Å²) in [5.74, 6) is 0. The zero-order valence-corrected chi connectivity index (χ0v) is 12.9. The van der Waals surface area contributed by atoms with Crippen LogP contribution in [0.25, 0.3) is 11.0 Å². The number of nitrogens with one attached hydrogen (secondary N) is 1. The van der Waals surface area contributed by atoms with Crippen LogP contribution >= 0.6 is 0 Å². The Morgan fingerprint density at radius 2 is 2.24 bits per heavy atom. The number of nitrogens with zero attached hydrogens (tertiary/aromatic N) is 2. The van der Waals surface area contributed by atoms with Crippen molar-refractivity contribution in [3.63, 3.8) is 0 Å². The van der Waals surface area contributed by atoms with Crippen LogP contribution in [-0.2, 0) is 11.8 Å². The number of pyridine rings is 1. The smallest absolute Gasteiger partial charge is 0.407 e. The third-order valence-electron chi connectivity index (χ3n) is 3.03. The number of alkyl carbamates (subject to hydrolysis) is 1. The van der Waals surface area contributed by atoms with Gasteiger partial charge in [0.05, 0.1) is 0 Å². The van der Waals surface area contributed by atoms with E-state index >= 15 is 0 Å². The van der Waals surface area contributed by atoms with Crippen molar-refractivity contribution in [3.8, 4) is 0 Å². The lowest BCUT2D eigenvalue weighted by Crippen LogP contribution is -2.36. The van der Waals surface area contributed by atoms with Crippen molar-refractivity contribution in [1.29, 1.82) is 0 Å². The molecule has 0 bridgehead atoms. The number of carbonyl (C=O) groups is 1. The molecule has 6 nitrogen and oxygen atoms in total. The van der Waals surface area contributed by atoms with Crippen molar-refractivity contribution >= 4 is 17.1 Å². The van der Waals surface area contributed by atoms with Crippen molar-refractivity contribution in [1.82, 2.24) is 14.9 Å². The molecule has 1 atom stereocenters. The number of amides is 1. The van der Waals surface area contributed by atoms with E-state index in [2.05, 4.69) is 10.3 Å². The second kappa shape index (κ2) is 5.73. The summed E-state index contributed by atoms with van der Waals surface area (Å²) < 4.78 is 7.12. The molecule has 0 saturated carbocycles. The first-order valence-electron chi connectivity index (χ1n) is 6.90. The molecule has 2 rings (SSSR count). The summed E-state index contributed by atoms with van der Waals surface area (Å²) in [4.78, 5) is 16.0. The molecule has 0 aliphatic rings. The van der Waals surface area contributed by atoms with Gasteiger partial charge in [-0.15, -0.1) is 0 Å². The molecule has 0 fully saturated rings. The molecule has 6 heteroatoms. The van der Waals surface area contributed by atoms with Crippen LogP contribution < -0.4 is 11.1 Å². The van der Waals surface area contributed by atoms with Crippen molar-refractivity contribution in [2.75, 3.05) is 6.54 Å². The lowest BCUT2D eigenvalue weighted by atomic mass is 10.1. The van der Waals surface area contributed by atoms with Gasteiger partial charge < -0.3 is 20.4 Å². The lowest BCUT2D eigenvalue weighted by molar-refractivity contribution is 0.0524. The Labute approximate surface area is 124 Å². The van der Waals surface area contributed by atoms with E-state index in [0.29, 0.717) is 6.54 Å². The van der Waals surface area contributed by atoms with Crippen molar-refractivity contribution < 1.29 is 9.53 Å². The van der Waals surface area contributed by atoms with Gasteiger partial charge >= 0.3 is 6.09 Å². The maximum Gasteiger partial charge on any atom is 0.407 e. The highest BCUT2D eigenvalue weighted by Gasteiger charge is 2.18. The van der Waals surface area contributed by atoms with E-state index in [-0.39, 0.29) is 6.04 Å². The van der Waals surface area contributed by atoms with Crippen LogP contribution in [0.5, 0.6) is 0 Å². The van der Waals surface area contributed by atoms with Crippen LogP contribution in [0.1, 0.15) is 32.4 Å². The van der Waals surface area contributed by atoms with Crippen LogP contribution in [0.4, 0.5) is 4.79 Å². The molecule has 0 aromatic carbocycles. The van der Waals surface area contributed by atoms with E-state index in [1.807, 2.05) is 50.7 Å². The van der Waals surface area contributed by atoms with Crippen LogP contribution in [0.2, 0.25) is 0 Å². The molecule has 2 aromatic heterocycles. The maximum absolute atomic E-state index is 11.7. The van der Waals surface area contributed by atoms with Crippen LogP contribution in [-0.4, -0.2) is 27.8 Å². The van der Waals surface area contributed by atoms with Gasteiger partial charge in [0.1, 0.15) is 11.2 Å². The SMILES string of the molecule is Cn1cc(C(N)CNC(=O)OC(C)(C)C)c2cccnc21. The highest BCUT2D eigenvalue weighted by molar-refractivity contribution is 5.81. The Morgan fingerprint density at radius 3 is 2.90 bits per heavy atom. The monoisotopic (exact) mass is 290 g/mol. The van der Waals surface area contributed by atoms with Gasteiger partial charge in [-0.1, -0.05) is 0 Å². The van der Waals surface area contributed by atoms with E-state index in [4.69, 9.17) is 10.5 Å². The highest BCUT2D eigenvalue weighted by atomic mass is 16.6. The normalized spacial score (nSPS) is 13.2. The molecule has 0 saturated heterocycles. The van der Waals surface area contributed by atoms with Gasteiger partial charge in [0.15, 0.2) is 0 Å². The van der Waals surface area contributed by atoms with E-state index in [1.54, 1.807) is 6.20 Å². The van der Waals surface area contributed by atoms with Gasteiger partial charge in [0, 0.05) is 37.4 Å². The average molecular weight is 290 g/mol. The van der Waals surface area contributed by atoms with Crippen molar-refractivity contribution in [2.45, 2.75) is 32.4 Å². The minimum atomic E-state index is -0.516. The Morgan fingerprint density at radius 1 is 1.52 bits per heavy atom. The number of nitrogens with two attached hydrogens (primary N) is 1. The summed E-state index contributed by atoms with van der Waals surface area (Å²) >= 11 is 0. The molecule has 3 N–H and O–H groups in total. The molecule has 2 aromatic rings. The molecule has 1 unspecified atom stereocenters. The summed E-state index contributed by atoms with van der Waals surface area (Å²) in [6.07, 6.45) is 3.23. The molecule has 114 valence electrons. The number of hydrogen-bond acceptors (Lipinski definition) is 4. The number of aromatic nitrogens is 2. The number of rotatable bonds is 3. The zero-order valence-electron chi connectivity index (χ0n) is 12.9. The Bertz CT molecular complexity index is 643. The minimum absolute atomic E-state index is 0.308. The predicted octanol–water partition coefficient (Wildman–Crippen LogP) is 2.10. The third kappa shape index (κ3) is 3.72. The molecular formula is C15H22N4O2. The molecule has 1 amide bonds. The second-order valence-electron chi connectivity index (χ2n) is 6.06. The van der Waals surface area contributed by atoms with Gasteiger partial charge in [0.25, 0.3) is 0 Å². The van der Waals surface area contributed by atoms with E-state index < -0.39 is 11.7 Å². The van der Waals surface area contributed by atoms with E-state index in [0.717, 1.165) is 16.6 Å². The largest absolute Gasteiger partial charge is 0.444 e. The Kier molecular flexibility index (Phi) is 4.18. The molecule has 0 spiro atoms.